The molecule has 0 atom stereocenters. The Morgan fingerprint density at radius 1 is 1.26 bits per heavy atom. The van der Waals surface area contributed by atoms with Gasteiger partial charge in [-0.1, -0.05) is 0 Å². The van der Waals surface area contributed by atoms with Crippen molar-refractivity contribution in [2.24, 2.45) is 7.05 Å². The standard InChI is InChI=1S/C14H26N4O/c1-11-12(10-15-14(2,3)4)13(17(5)16-11)18-6-8-19-9-7-18/h15H,6-10H2,1-5H3. The van der Waals surface area contributed by atoms with Crippen molar-refractivity contribution in [3.8, 4) is 0 Å². The number of aryl methyl sites for hydroxylation is 2. The van der Waals surface area contributed by atoms with E-state index >= 15 is 0 Å². The first-order valence-electron chi connectivity index (χ1n) is 6.98. The Morgan fingerprint density at radius 3 is 2.47 bits per heavy atom. The number of hydrogen-bond donors (Lipinski definition) is 1. The normalized spacial score (nSPS) is 17.0. The Hall–Kier alpha value is -1.07. The molecule has 1 aliphatic heterocycles. The number of hydrogen-bond acceptors (Lipinski definition) is 4. The average molecular weight is 266 g/mol. The van der Waals surface area contributed by atoms with E-state index in [0.29, 0.717) is 0 Å². The highest BCUT2D eigenvalue weighted by atomic mass is 16.5. The molecule has 2 heterocycles. The van der Waals surface area contributed by atoms with Crippen LogP contribution < -0.4 is 10.2 Å². The van der Waals surface area contributed by atoms with Crippen LogP contribution in [0.15, 0.2) is 0 Å². The second-order valence-corrected chi connectivity index (χ2v) is 6.21. The molecule has 5 heteroatoms. The zero-order valence-corrected chi connectivity index (χ0v) is 12.8. The molecule has 0 saturated carbocycles. The smallest absolute Gasteiger partial charge is 0.131 e. The van der Waals surface area contributed by atoms with Gasteiger partial charge in [-0.15, -0.1) is 0 Å². The first-order valence-corrected chi connectivity index (χ1v) is 6.98. The number of nitrogens with one attached hydrogen (secondary N) is 1. The van der Waals surface area contributed by atoms with Crippen molar-refractivity contribution in [2.45, 2.75) is 39.8 Å². The van der Waals surface area contributed by atoms with Gasteiger partial charge >= 0.3 is 0 Å². The summed E-state index contributed by atoms with van der Waals surface area (Å²) in [5, 5.41) is 8.14. The fraction of sp³-hybridized carbons (Fsp3) is 0.786. The lowest BCUT2D eigenvalue weighted by Crippen LogP contribution is -2.39. The molecule has 0 spiro atoms. The Kier molecular flexibility index (Phi) is 4.16. The maximum absolute atomic E-state index is 5.44. The summed E-state index contributed by atoms with van der Waals surface area (Å²) in [6.45, 7) is 13.0. The predicted molar refractivity (Wildman–Crippen MR) is 77.6 cm³/mol. The van der Waals surface area contributed by atoms with Gasteiger partial charge in [-0.2, -0.15) is 5.10 Å². The second-order valence-electron chi connectivity index (χ2n) is 6.21. The molecular formula is C14H26N4O. The van der Waals surface area contributed by atoms with E-state index in [0.717, 1.165) is 38.5 Å². The lowest BCUT2D eigenvalue weighted by atomic mass is 10.1. The van der Waals surface area contributed by atoms with E-state index in [4.69, 9.17) is 4.74 Å². The van der Waals surface area contributed by atoms with E-state index in [-0.39, 0.29) is 5.54 Å². The van der Waals surface area contributed by atoms with Crippen LogP contribution in [0, 0.1) is 6.92 Å². The van der Waals surface area contributed by atoms with E-state index < -0.39 is 0 Å². The summed E-state index contributed by atoms with van der Waals surface area (Å²) in [5.41, 5.74) is 2.53. The molecule has 0 radical (unpaired) electrons. The van der Waals surface area contributed by atoms with Crippen LogP contribution in [0.4, 0.5) is 5.82 Å². The fourth-order valence-electron chi connectivity index (χ4n) is 2.42. The van der Waals surface area contributed by atoms with E-state index in [1.54, 1.807) is 0 Å². The lowest BCUT2D eigenvalue weighted by molar-refractivity contribution is 0.122. The van der Waals surface area contributed by atoms with E-state index in [9.17, 15) is 0 Å². The number of nitrogens with zero attached hydrogens (tertiary/aromatic N) is 3. The molecule has 1 aromatic heterocycles. The van der Waals surface area contributed by atoms with Crippen LogP contribution in [0.5, 0.6) is 0 Å². The minimum atomic E-state index is 0.116. The highest BCUT2D eigenvalue weighted by molar-refractivity contribution is 5.50. The van der Waals surface area contributed by atoms with Crippen molar-refractivity contribution in [1.29, 1.82) is 0 Å². The third kappa shape index (κ3) is 3.48. The summed E-state index contributed by atoms with van der Waals surface area (Å²) < 4.78 is 7.44. The molecule has 1 aliphatic rings. The fourth-order valence-corrected chi connectivity index (χ4v) is 2.42. The predicted octanol–water partition coefficient (Wildman–Crippen LogP) is 1.45. The molecule has 0 aliphatic carbocycles. The second kappa shape index (κ2) is 5.51. The average Bonchev–Trinajstić information content (AvgIpc) is 2.61. The molecular weight excluding hydrogens is 240 g/mol. The van der Waals surface area contributed by atoms with Crippen LogP contribution in [0.3, 0.4) is 0 Å². The quantitative estimate of drug-likeness (QED) is 0.899. The summed E-state index contributed by atoms with van der Waals surface area (Å²) >= 11 is 0. The van der Waals surface area contributed by atoms with Crippen LogP contribution >= 0.6 is 0 Å². The van der Waals surface area contributed by atoms with Crippen molar-refractivity contribution in [3.63, 3.8) is 0 Å². The van der Waals surface area contributed by atoms with Gasteiger partial charge in [-0.05, 0) is 27.7 Å². The number of aromatic nitrogens is 2. The van der Waals surface area contributed by atoms with E-state index in [1.165, 1.54) is 11.4 Å². The minimum Gasteiger partial charge on any atom is -0.378 e. The zero-order valence-electron chi connectivity index (χ0n) is 12.8. The lowest BCUT2D eigenvalue weighted by Gasteiger charge is -2.30. The summed E-state index contributed by atoms with van der Waals surface area (Å²) in [5.74, 6) is 1.23. The maximum atomic E-state index is 5.44. The minimum absolute atomic E-state index is 0.116. The zero-order chi connectivity index (χ0) is 14.0. The van der Waals surface area contributed by atoms with Gasteiger partial charge in [0.25, 0.3) is 0 Å². The Labute approximate surface area is 115 Å². The van der Waals surface area contributed by atoms with Gasteiger partial charge in [0.1, 0.15) is 5.82 Å². The molecule has 0 aromatic carbocycles. The number of morpholine rings is 1. The molecule has 1 fully saturated rings. The number of anilines is 1. The molecule has 1 saturated heterocycles. The molecule has 0 bridgehead atoms. The molecule has 0 unspecified atom stereocenters. The molecule has 1 aromatic rings. The van der Waals surface area contributed by atoms with Crippen LogP contribution in [0.25, 0.3) is 0 Å². The molecule has 5 nitrogen and oxygen atoms in total. The van der Waals surface area contributed by atoms with E-state index in [1.807, 2.05) is 11.7 Å². The molecule has 108 valence electrons. The summed E-state index contributed by atoms with van der Waals surface area (Å²) in [7, 11) is 2.03. The van der Waals surface area contributed by atoms with Crippen molar-refractivity contribution < 1.29 is 4.74 Å². The molecule has 19 heavy (non-hydrogen) atoms. The first-order chi connectivity index (χ1) is 8.88. The summed E-state index contributed by atoms with van der Waals surface area (Å²) in [4.78, 5) is 2.38. The maximum Gasteiger partial charge on any atom is 0.131 e. The summed E-state index contributed by atoms with van der Waals surface area (Å²) in [6, 6.07) is 0. The van der Waals surface area contributed by atoms with Crippen LogP contribution in [0.1, 0.15) is 32.0 Å². The number of ether oxygens (including phenoxy) is 1. The van der Waals surface area contributed by atoms with E-state index in [2.05, 4.69) is 43.0 Å². The van der Waals surface area contributed by atoms with Crippen LogP contribution in [0.2, 0.25) is 0 Å². The largest absolute Gasteiger partial charge is 0.378 e. The van der Waals surface area contributed by atoms with Gasteiger partial charge in [-0.25, -0.2) is 0 Å². The monoisotopic (exact) mass is 266 g/mol. The van der Waals surface area contributed by atoms with Crippen LogP contribution in [-0.2, 0) is 18.3 Å². The first kappa shape index (κ1) is 14.3. The van der Waals surface area contributed by atoms with Gasteiger partial charge in [0.2, 0.25) is 0 Å². The Morgan fingerprint density at radius 2 is 1.89 bits per heavy atom. The van der Waals surface area contributed by atoms with Crippen LogP contribution in [-0.4, -0.2) is 41.6 Å². The Balaban J connectivity index is 2.21. The van der Waals surface area contributed by atoms with Gasteiger partial charge in [-0.3, -0.25) is 4.68 Å². The highest BCUT2D eigenvalue weighted by Gasteiger charge is 2.22. The number of rotatable bonds is 3. The summed E-state index contributed by atoms with van der Waals surface area (Å²) in [6.07, 6.45) is 0. The third-order valence-electron chi connectivity index (χ3n) is 3.42. The van der Waals surface area contributed by atoms with Crippen molar-refractivity contribution in [2.75, 3.05) is 31.2 Å². The third-order valence-corrected chi connectivity index (χ3v) is 3.42. The van der Waals surface area contributed by atoms with Gasteiger partial charge < -0.3 is 15.0 Å². The van der Waals surface area contributed by atoms with Gasteiger partial charge in [0.15, 0.2) is 0 Å². The SMILES string of the molecule is Cc1nn(C)c(N2CCOCC2)c1CNC(C)(C)C. The molecule has 2 rings (SSSR count). The highest BCUT2D eigenvalue weighted by Crippen LogP contribution is 2.24. The van der Waals surface area contributed by atoms with Crippen molar-refractivity contribution >= 4 is 5.82 Å². The Bertz CT molecular complexity index is 427. The molecule has 1 N–H and O–H groups in total. The molecule has 0 amide bonds. The van der Waals surface area contributed by atoms with Gasteiger partial charge in [0.05, 0.1) is 18.9 Å². The van der Waals surface area contributed by atoms with Gasteiger partial charge in [0, 0.05) is 37.8 Å². The van der Waals surface area contributed by atoms with Crippen molar-refractivity contribution in [1.82, 2.24) is 15.1 Å². The topological polar surface area (TPSA) is 42.3 Å². The van der Waals surface area contributed by atoms with Crippen molar-refractivity contribution in [3.05, 3.63) is 11.3 Å².